The second-order valence-electron chi connectivity index (χ2n) is 10.4. The summed E-state index contributed by atoms with van der Waals surface area (Å²) < 4.78 is 82.2. The van der Waals surface area contributed by atoms with Crippen LogP contribution >= 0.6 is 0 Å². The Morgan fingerprint density at radius 2 is 1.32 bits per heavy atom. The van der Waals surface area contributed by atoms with Crippen LogP contribution in [0.3, 0.4) is 0 Å². The Morgan fingerprint density at radius 3 is 1.84 bits per heavy atom. The average Bonchev–Trinajstić information content (AvgIpc) is 2.87. The van der Waals surface area contributed by atoms with E-state index in [1.807, 2.05) is 18.2 Å². The summed E-state index contributed by atoms with van der Waals surface area (Å²) in [6.45, 7) is 6.27. The SMILES string of the molecule is CCCN(CCc1ccccc1)C(CC)CCc1ccc(C2C(C(F)(F)F)CCCC2C(F)(F)F)cc1. The molecule has 7 heteroatoms. The standard InChI is InChI=1S/C30H39F6N/c1-3-20-37(21-19-22-9-6-5-7-10-22)25(4-2)18-15-23-13-16-24(17-14-23)28-26(29(31,32)33)11-8-12-27(28)30(34,35)36/h5-7,9-10,13-14,16-17,25-28H,3-4,8,11-12,15,18-21H2,1-2H3. The predicted molar refractivity (Wildman–Crippen MR) is 137 cm³/mol. The lowest BCUT2D eigenvalue weighted by Gasteiger charge is -2.40. The predicted octanol–water partition coefficient (Wildman–Crippen LogP) is 8.98. The van der Waals surface area contributed by atoms with E-state index < -0.39 is 30.1 Å². The maximum absolute atomic E-state index is 13.7. The summed E-state index contributed by atoms with van der Waals surface area (Å²) >= 11 is 0. The van der Waals surface area contributed by atoms with Gasteiger partial charge in [-0.15, -0.1) is 0 Å². The van der Waals surface area contributed by atoms with Gasteiger partial charge in [0.1, 0.15) is 0 Å². The van der Waals surface area contributed by atoms with Crippen molar-refractivity contribution in [1.29, 1.82) is 0 Å². The zero-order chi connectivity index (χ0) is 27.1. The minimum atomic E-state index is -4.65. The Balaban J connectivity index is 1.69. The first-order chi connectivity index (χ1) is 17.5. The van der Waals surface area contributed by atoms with E-state index in [1.54, 1.807) is 12.1 Å². The van der Waals surface area contributed by atoms with E-state index in [1.165, 1.54) is 17.7 Å². The first-order valence-electron chi connectivity index (χ1n) is 13.5. The van der Waals surface area contributed by atoms with Crippen molar-refractivity contribution in [3.05, 3.63) is 71.3 Å². The number of alkyl halides is 6. The van der Waals surface area contributed by atoms with Crippen LogP contribution in [0, 0.1) is 11.8 Å². The molecule has 0 aromatic heterocycles. The molecule has 0 radical (unpaired) electrons. The molecule has 2 aromatic rings. The lowest BCUT2D eigenvalue weighted by molar-refractivity contribution is -0.231. The maximum atomic E-state index is 13.7. The van der Waals surface area contributed by atoms with Crippen LogP contribution in [0.4, 0.5) is 26.3 Å². The van der Waals surface area contributed by atoms with Crippen LogP contribution < -0.4 is 0 Å². The van der Waals surface area contributed by atoms with E-state index in [2.05, 4.69) is 30.9 Å². The summed E-state index contributed by atoms with van der Waals surface area (Å²) in [5.74, 6) is -5.50. The van der Waals surface area contributed by atoms with Crippen LogP contribution in [-0.2, 0) is 12.8 Å². The molecule has 3 unspecified atom stereocenters. The van der Waals surface area contributed by atoms with Crippen molar-refractivity contribution < 1.29 is 26.3 Å². The van der Waals surface area contributed by atoms with E-state index in [0.717, 1.165) is 50.8 Å². The first-order valence-corrected chi connectivity index (χ1v) is 13.5. The van der Waals surface area contributed by atoms with Crippen LogP contribution in [0.1, 0.15) is 75.0 Å². The van der Waals surface area contributed by atoms with Gasteiger partial charge in [0.25, 0.3) is 0 Å². The van der Waals surface area contributed by atoms with Crippen molar-refractivity contribution in [1.82, 2.24) is 4.90 Å². The van der Waals surface area contributed by atoms with Gasteiger partial charge in [0.05, 0.1) is 11.8 Å². The molecule has 1 aliphatic carbocycles. The zero-order valence-electron chi connectivity index (χ0n) is 21.8. The molecule has 0 heterocycles. The van der Waals surface area contributed by atoms with Gasteiger partial charge < -0.3 is 4.90 Å². The summed E-state index contributed by atoms with van der Waals surface area (Å²) in [5, 5.41) is 0. The molecule has 1 saturated carbocycles. The third kappa shape index (κ3) is 8.23. The van der Waals surface area contributed by atoms with E-state index in [0.29, 0.717) is 6.04 Å². The average molecular weight is 528 g/mol. The monoisotopic (exact) mass is 527 g/mol. The molecule has 37 heavy (non-hydrogen) atoms. The summed E-state index contributed by atoms with van der Waals surface area (Å²) in [6, 6.07) is 17.2. The quantitative estimate of drug-likeness (QED) is 0.264. The molecule has 0 saturated heterocycles. The van der Waals surface area contributed by atoms with Gasteiger partial charge in [0.2, 0.25) is 0 Å². The highest BCUT2D eigenvalue weighted by Crippen LogP contribution is 2.53. The molecule has 0 N–H and O–H groups in total. The maximum Gasteiger partial charge on any atom is 0.392 e. The molecule has 3 rings (SSSR count). The molecule has 3 atom stereocenters. The van der Waals surface area contributed by atoms with E-state index in [9.17, 15) is 26.3 Å². The number of rotatable bonds is 11. The van der Waals surface area contributed by atoms with Crippen molar-refractivity contribution >= 4 is 0 Å². The topological polar surface area (TPSA) is 3.24 Å². The van der Waals surface area contributed by atoms with Gasteiger partial charge in [-0.3, -0.25) is 0 Å². The summed E-state index contributed by atoms with van der Waals surface area (Å²) in [7, 11) is 0. The Labute approximate surface area is 217 Å². The molecule has 0 spiro atoms. The molecule has 0 bridgehead atoms. The Hall–Kier alpha value is -2.02. The minimum Gasteiger partial charge on any atom is -0.300 e. The van der Waals surface area contributed by atoms with Crippen molar-refractivity contribution in [2.45, 2.75) is 89.5 Å². The second-order valence-corrected chi connectivity index (χ2v) is 10.4. The van der Waals surface area contributed by atoms with E-state index >= 15 is 0 Å². The smallest absolute Gasteiger partial charge is 0.300 e. The van der Waals surface area contributed by atoms with Crippen molar-refractivity contribution in [3.8, 4) is 0 Å². The van der Waals surface area contributed by atoms with Gasteiger partial charge in [0, 0.05) is 18.5 Å². The third-order valence-electron chi connectivity index (χ3n) is 7.90. The normalized spacial score (nSPS) is 21.8. The van der Waals surface area contributed by atoms with Gasteiger partial charge in [-0.05, 0) is 68.2 Å². The highest BCUT2D eigenvalue weighted by Gasteiger charge is 2.56. The Kier molecular flexibility index (Phi) is 10.5. The molecule has 2 aromatic carbocycles. The molecular formula is C30H39F6N. The molecular weight excluding hydrogens is 488 g/mol. The highest BCUT2D eigenvalue weighted by molar-refractivity contribution is 5.28. The van der Waals surface area contributed by atoms with Crippen LogP contribution in [-0.4, -0.2) is 36.4 Å². The van der Waals surface area contributed by atoms with Gasteiger partial charge in [0.15, 0.2) is 0 Å². The lowest BCUT2D eigenvalue weighted by atomic mass is 9.68. The fraction of sp³-hybridized carbons (Fsp3) is 0.600. The lowest BCUT2D eigenvalue weighted by Crippen LogP contribution is -2.42. The second kappa shape index (κ2) is 13.2. The van der Waals surface area contributed by atoms with Crippen LogP contribution in [0.2, 0.25) is 0 Å². The molecule has 0 aliphatic heterocycles. The van der Waals surface area contributed by atoms with Crippen molar-refractivity contribution in [2.24, 2.45) is 11.8 Å². The summed E-state index contributed by atoms with van der Waals surface area (Å²) in [6.07, 6.45) is -5.24. The molecule has 206 valence electrons. The third-order valence-corrected chi connectivity index (χ3v) is 7.90. The Bertz CT molecular complexity index is 900. The largest absolute Gasteiger partial charge is 0.392 e. The van der Waals surface area contributed by atoms with Crippen molar-refractivity contribution in [2.75, 3.05) is 13.1 Å². The minimum absolute atomic E-state index is 0.0557. The molecule has 1 aliphatic rings. The molecule has 1 nitrogen and oxygen atoms in total. The first kappa shape index (κ1) is 29.5. The summed E-state index contributed by atoms with van der Waals surface area (Å²) in [4.78, 5) is 2.51. The van der Waals surface area contributed by atoms with Gasteiger partial charge in [-0.2, -0.15) is 26.3 Å². The Morgan fingerprint density at radius 1 is 0.757 bits per heavy atom. The number of benzene rings is 2. The number of halogens is 6. The van der Waals surface area contributed by atoms with Crippen molar-refractivity contribution in [3.63, 3.8) is 0 Å². The van der Waals surface area contributed by atoms with Crippen LogP contribution in [0.5, 0.6) is 0 Å². The number of hydrogen-bond donors (Lipinski definition) is 0. The number of hydrogen-bond acceptors (Lipinski definition) is 1. The molecule has 0 amide bonds. The fourth-order valence-electron chi connectivity index (χ4n) is 5.96. The van der Waals surface area contributed by atoms with Gasteiger partial charge in [-0.25, -0.2) is 0 Å². The van der Waals surface area contributed by atoms with Gasteiger partial charge in [-0.1, -0.05) is 74.9 Å². The molecule has 1 fully saturated rings. The van der Waals surface area contributed by atoms with Gasteiger partial charge >= 0.3 is 12.4 Å². The number of nitrogens with zero attached hydrogens (tertiary/aromatic N) is 1. The summed E-state index contributed by atoms with van der Waals surface area (Å²) in [5.41, 5.74) is 2.39. The van der Waals surface area contributed by atoms with Crippen LogP contribution in [0.15, 0.2) is 54.6 Å². The highest BCUT2D eigenvalue weighted by atomic mass is 19.4. The van der Waals surface area contributed by atoms with E-state index in [4.69, 9.17) is 0 Å². The van der Waals surface area contributed by atoms with Crippen LogP contribution in [0.25, 0.3) is 0 Å². The zero-order valence-corrected chi connectivity index (χ0v) is 21.8. The number of aryl methyl sites for hydroxylation is 1. The van der Waals surface area contributed by atoms with E-state index in [-0.39, 0.29) is 24.8 Å². The fourth-order valence-corrected chi connectivity index (χ4v) is 5.96.